The van der Waals surface area contributed by atoms with Gasteiger partial charge in [-0.15, -0.1) is 0 Å². The van der Waals surface area contributed by atoms with Crippen molar-refractivity contribution in [3.8, 4) is 0 Å². The summed E-state index contributed by atoms with van der Waals surface area (Å²) in [6.45, 7) is -2.11. The van der Waals surface area contributed by atoms with E-state index in [1.54, 1.807) is 0 Å². The first-order valence-electron chi connectivity index (χ1n) is 17.9. The number of carboxylic acid groups (broad SMARTS) is 2. The third-order valence-corrected chi connectivity index (χ3v) is 10.7. The summed E-state index contributed by atoms with van der Waals surface area (Å²) < 4.78 is 45.3. The molecule has 3 aliphatic rings. The second-order valence-electron chi connectivity index (χ2n) is 14.1. The van der Waals surface area contributed by atoms with Crippen molar-refractivity contribution in [1.82, 2.24) is 9.55 Å². The number of carbonyl (C=O) groups is 2. The van der Waals surface area contributed by atoms with Gasteiger partial charge >= 0.3 is 108 Å². The zero-order chi connectivity index (χ0) is 45.9. The van der Waals surface area contributed by atoms with Gasteiger partial charge in [-0.1, -0.05) is 0 Å². The van der Waals surface area contributed by atoms with E-state index in [0.29, 0.717) is 0 Å². The van der Waals surface area contributed by atoms with Crippen molar-refractivity contribution in [3.63, 3.8) is 0 Å². The second kappa shape index (κ2) is 25.1. The molecule has 0 amide bonds. The van der Waals surface area contributed by atoms with Gasteiger partial charge in [0.2, 0.25) is 5.79 Å². The third-order valence-electron chi connectivity index (χ3n) is 9.65. The van der Waals surface area contributed by atoms with E-state index in [1.165, 1.54) is 0 Å². The minimum atomic E-state index is -5.83. The number of ether oxygens (including phenoxy) is 4. The van der Waals surface area contributed by atoms with Gasteiger partial charge in [-0.3, -0.25) is 19.1 Å². The number of phosphoric ester groups is 1. The van der Waals surface area contributed by atoms with Gasteiger partial charge in [-0.2, -0.15) is 4.98 Å². The number of carboxylic acids is 2. The average molecular weight is 972 g/mol. The number of rotatable bonds is 18. The van der Waals surface area contributed by atoms with E-state index >= 15 is 0 Å². The standard InChI is InChI=1S/C31H48N5O24P.3Na/c1-10(39)33-18-12(41)5-30(27(48)49,58-24(18)20(44)14(43)7-37)57-15(8-38)22(46)25-19(34-11(2)40)13(42)6-31(59-25,28(50)51)60-61(53,54)55-9-16-21(45)23(47)26(56-16)36-4-3-17(32)35-29(36)52;;;/h3-4,12-16,18-26,37-38,41-47H,5-9H2,1-2H3,(H,33,39)(H,34,40)(H,48,49)(H,50,51)(H,53,54)(H2,32,35,52);;;/q;3*+1/p-3/t12-,13-,14+,15+,16+,18+,19+,20+,21+,22+,23+,24+,25+,26+,30+,31+;;;/m0.../s1. The Kier molecular flexibility index (Phi) is 24.0. The van der Waals surface area contributed by atoms with E-state index < -0.39 is 167 Å². The van der Waals surface area contributed by atoms with Crippen molar-refractivity contribution >= 4 is 37.4 Å². The Morgan fingerprint density at radius 2 is 1.45 bits per heavy atom. The van der Waals surface area contributed by atoms with Crippen molar-refractivity contribution in [2.75, 3.05) is 25.6 Å². The molecule has 4 rings (SSSR count). The van der Waals surface area contributed by atoms with Crippen LogP contribution in [0.15, 0.2) is 27.0 Å². The Morgan fingerprint density at radius 3 is 1.92 bits per heavy atom. The Balaban J connectivity index is 0.00000683. The third kappa shape index (κ3) is 14.1. The second-order valence-corrected chi connectivity index (χ2v) is 15.5. The van der Waals surface area contributed by atoms with E-state index in [1.807, 2.05) is 0 Å². The molecule has 0 bridgehead atoms. The number of aliphatic carboxylic acids is 2. The summed E-state index contributed by atoms with van der Waals surface area (Å²) in [6, 6.07) is -2.74. The number of aliphatic imine (C=N–C) groups is 2. The fraction of sp³-hybridized carbons (Fsp3) is 0.742. The summed E-state index contributed by atoms with van der Waals surface area (Å²) in [5.74, 6) is -13.9. The Labute approximate surface area is 427 Å². The molecular weight excluding hydrogens is 926 g/mol. The number of nitrogens with zero attached hydrogens (tertiary/aromatic N) is 4. The Bertz CT molecular complexity index is 1900. The number of nitrogens with two attached hydrogens (primary N) is 1. The molecule has 1 unspecified atom stereocenters. The van der Waals surface area contributed by atoms with Crippen LogP contribution in [0.3, 0.4) is 0 Å². The van der Waals surface area contributed by atoms with E-state index in [4.69, 9.17) is 33.7 Å². The van der Waals surface area contributed by atoms with E-state index in [-0.39, 0.29) is 94.5 Å². The normalized spacial score (nSPS) is 35.0. The first-order chi connectivity index (χ1) is 28.3. The number of aliphatic hydroxyl groups is 9. The molecule has 3 saturated heterocycles. The van der Waals surface area contributed by atoms with Crippen LogP contribution in [-0.2, 0) is 42.1 Å². The molecule has 0 aliphatic carbocycles. The van der Waals surface area contributed by atoms with Crippen LogP contribution >= 0.6 is 7.82 Å². The van der Waals surface area contributed by atoms with Gasteiger partial charge in [0, 0.05) is 19.0 Å². The number of carbonyl (C=O) groups excluding carboxylic acids is 1. The van der Waals surface area contributed by atoms with Gasteiger partial charge in [-0.05, 0) is 31.7 Å². The molecule has 64 heavy (non-hydrogen) atoms. The molecule has 13 N–H and O–H groups in total. The van der Waals surface area contributed by atoms with Gasteiger partial charge in [0.1, 0.15) is 78.8 Å². The first kappa shape index (κ1) is 61.2. The quantitative estimate of drug-likeness (QED) is 0.0281. The van der Waals surface area contributed by atoms with Crippen LogP contribution in [0.25, 0.3) is 0 Å². The predicted octanol–water partition coefficient (Wildman–Crippen LogP) is -19.1. The molecule has 0 saturated carbocycles. The molecule has 0 aromatic carbocycles. The summed E-state index contributed by atoms with van der Waals surface area (Å²) in [4.78, 5) is 58.9. The maximum atomic E-state index is 13.3. The number of phosphoric acid groups is 1. The van der Waals surface area contributed by atoms with Crippen LogP contribution in [0.4, 0.5) is 5.82 Å². The van der Waals surface area contributed by atoms with Crippen LogP contribution in [0, 0.1) is 0 Å². The Hall–Kier alpha value is -0.850. The smallest absolute Gasteiger partial charge is 0.862 e. The maximum absolute atomic E-state index is 13.3. The summed E-state index contributed by atoms with van der Waals surface area (Å²) in [6.07, 6.45) is -27.4. The van der Waals surface area contributed by atoms with Crippen LogP contribution in [-0.4, -0.2) is 200 Å². The number of anilines is 1. The molecule has 0 radical (unpaired) electrons. The number of hydrogen-bond acceptors (Lipinski definition) is 26. The number of aliphatic hydroxyl groups excluding tert-OH is 9. The topological polar surface area (TPSA) is 484 Å². The molecule has 4 heterocycles. The van der Waals surface area contributed by atoms with Gasteiger partial charge in [0.05, 0.1) is 32.0 Å². The maximum Gasteiger partial charge on any atom is 1.00 e. The molecule has 346 valence electrons. The van der Waals surface area contributed by atoms with Crippen molar-refractivity contribution in [2.24, 2.45) is 9.98 Å². The molecule has 29 nitrogen and oxygen atoms in total. The van der Waals surface area contributed by atoms with Crippen molar-refractivity contribution in [3.05, 3.63) is 22.7 Å². The monoisotopic (exact) mass is 971 g/mol. The summed E-state index contributed by atoms with van der Waals surface area (Å²) >= 11 is 0. The zero-order valence-corrected chi connectivity index (χ0v) is 41.7. The SMILES string of the molecule is CC([O-])=N[C@H]1[C@H]([C@H](O)[C@H](O)CO)O[C@@](O[C@H](CO)[C@@H](O)[C@@H]2O[C@](OP(=O)(O)OC[C@H]3O[C@@H](n4ccc(N)nc4=O)[C@H](O)[C@@H]3O)(C(=O)O)C[C@H](O)[C@H]2N=C(C)[O-])(C(=O)[O-])C[C@@H]1O.[Na+].[Na+].[Na+]. The molecule has 3 aliphatic heterocycles. The molecule has 33 heteroatoms. The van der Waals surface area contributed by atoms with Crippen molar-refractivity contribution in [1.29, 1.82) is 0 Å². The summed E-state index contributed by atoms with van der Waals surface area (Å²) in [5.41, 5.74) is 4.42. The summed E-state index contributed by atoms with van der Waals surface area (Å²) in [5, 5.41) is 142. The van der Waals surface area contributed by atoms with Crippen LogP contribution < -0.4 is 115 Å². The zero-order valence-electron chi connectivity index (χ0n) is 34.8. The van der Waals surface area contributed by atoms with Crippen LogP contribution in [0.1, 0.15) is 32.9 Å². The Morgan fingerprint density at radius 1 is 0.938 bits per heavy atom. The molecule has 3 fully saturated rings. The van der Waals surface area contributed by atoms with Crippen LogP contribution in [0.2, 0.25) is 0 Å². The van der Waals surface area contributed by atoms with Crippen molar-refractivity contribution in [2.45, 2.75) is 124 Å². The van der Waals surface area contributed by atoms with Crippen LogP contribution in [0.5, 0.6) is 0 Å². The molecular formula is C31H45N5Na3O24P. The fourth-order valence-electron chi connectivity index (χ4n) is 6.77. The number of aromatic nitrogens is 2. The minimum absolute atomic E-state index is 0. The van der Waals surface area contributed by atoms with Gasteiger partial charge < -0.3 is 101 Å². The van der Waals surface area contributed by atoms with Gasteiger partial charge in [0.25, 0.3) is 5.79 Å². The van der Waals surface area contributed by atoms with Crippen molar-refractivity contribution < 1.29 is 202 Å². The molecule has 1 aromatic heterocycles. The van der Waals surface area contributed by atoms with Gasteiger partial charge in [-0.25, -0.2) is 18.7 Å². The fourth-order valence-corrected chi connectivity index (χ4v) is 7.73. The first-order valence-corrected chi connectivity index (χ1v) is 19.4. The van der Waals surface area contributed by atoms with E-state index in [9.17, 15) is 90.2 Å². The van der Waals surface area contributed by atoms with Gasteiger partial charge in [0.15, 0.2) is 6.23 Å². The molecule has 1 aromatic rings. The minimum Gasteiger partial charge on any atom is -0.862 e. The molecule has 17 atom stereocenters. The average Bonchev–Trinajstić information content (AvgIpc) is 3.45. The largest absolute Gasteiger partial charge is 1.00 e. The predicted molar refractivity (Wildman–Crippen MR) is 186 cm³/mol. The molecule has 0 spiro atoms. The van der Waals surface area contributed by atoms with E-state index in [0.717, 1.165) is 30.7 Å². The summed E-state index contributed by atoms with van der Waals surface area (Å²) in [7, 11) is -5.83. The number of nitrogen functional groups attached to an aromatic ring is 1. The van der Waals surface area contributed by atoms with E-state index in [2.05, 4.69) is 15.0 Å². The number of hydrogen-bond donors (Lipinski definition) is 12.